The largest absolute Gasteiger partial charge is 0.481 e. The highest BCUT2D eigenvalue weighted by Gasteiger charge is 2.11. The number of aliphatic carboxylic acids is 1. The summed E-state index contributed by atoms with van der Waals surface area (Å²) in [4.78, 5) is 22.1. The van der Waals surface area contributed by atoms with Crippen molar-refractivity contribution in [3.05, 3.63) is 34.9 Å². The predicted octanol–water partition coefficient (Wildman–Crippen LogP) is 2.41. The van der Waals surface area contributed by atoms with Gasteiger partial charge >= 0.3 is 5.97 Å². The molecule has 0 spiro atoms. The highest BCUT2D eigenvalue weighted by atomic mass is 35.5. The van der Waals surface area contributed by atoms with E-state index in [4.69, 9.17) is 16.7 Å². The molecular weight excluding hydrogens is 286 g/mol. The van der Waals surface area contributed by atoms with Gasteiger partial charge in [-0.3, -0.25) is 9.59 Å². The number of halogens is 1. The van der Waals surface area contributed by atoms with Crippen molar-refractivity contribution in [2.45, 2.75) is 12.7 Å². The maximum atomic E-state index is 11.5. The molecule has 0 aliphatic heterocycles. The zero-order valence-corrected chi connectivity index (χ0v) is 12.1. The normalized spacial score (nSPS) is 11.9. The molecule has 19 heavy (non-hydrogen) atoms. The van der Waals surface area contributed by atoms with Crippen molar-refractivity contribution in [2.75, 3.05) is 12.3 Å². The molecule has 4 nitrogen and oxygen atoms in total. The molecule has 1 aromatic carbocycles. The minimum atomic E-state index is -0.910. The molecule has 104 valence electrons. The summed E-state index contributed by atoms with van der Waals surface area (Å²) in [7, 11) is 0. The van der Waals surface area contributed by atoms with Crippen molar-refractivity contribution in [2.24, 2.45) is 5.92 Å². The monoisotopic (exact) mass is 301 g/mol. The molecule has 0 heterocycles. The standard InChI is InChI=1S/C13H16ClNO3S/c1-9(13(17)18)6-15-12(16)8-19-7-10-3-2-4-11(14)5-10/h2-5,9H,6-8H2,1H3,(H,15,16)(H,17,18). The van der Waals surface area contributed by atoms with Crippen LogP contribution in [0.4, 0.5) is 0 Å². The fourth-order valence-electron chi connectivity index (χ4n) is 1.29. The van der Waals surface area contributed by atoms with Gasteiger partial charge in [-0.1, -0.05) is 30.7 Å². The Balaban J connectivity index is 2.22. The fourth-order valence-corrected chi connectivity index (χ4v) is 2.31. The highest BCUT2D eigenvalue weighted by Crippen LogP contribution is 2.16. The van der Waals surface area contributed by atoms with E-state index < -0.39 is 11.9 Å². The topological polar surface area (TPSA) is 66.4 Å². The van der Waals surface area contributed by atoms with Gasteiger partial charge in [0.25, 0.3) is 0 Å². The molecule has 0 aliphatic carbocycles. The Morgan fingerprint density at radius 1 is 1.47 bits per heavy atom. The van der Waals surface area contributed by atoms with Crippen LogP contribution in [0.5, 0.6) is 0 Å². The number of benzene rings is 1. The van der Waals surface area contributed by atoms with E-state index in [1.54, 1.807) is 13.0 Å². The second kappa shape index (κ2) is 8.07. The first kappa shape index (κ1) is 15.9. The Labute approximate surface area is 121 Å². The number of carbonyl (C=O) groups is 2. The first-order valence-electron chi connectivity index (χ1n) is 5.80. The third-order valence-electron chi connectivity index (χ3n) is 2.42. The van der Waals surface area contributed by atoms with Gasteiger partial charge in [0, 0.05) is 17.3 Å². The maximum Gasteiger partial charge on any atom is 0.308 e. The van der Waals surface area contributed by atoms with E-state index in [-0.39, 0.29) is 12.5 Å². The molecule has 0 aromatic heterocycles. The molecule has 0 fully saturated rings. The SMILES string of the molecule is CC(CNC(=O)CSCc1cccc(Cl)c1)C(=O)O. The van der Waals surface area contributed by atoms with E-state index in [1.165, 1.54) is 11.8 Å². The smallest absolute Gasteiger partial charge is 0.308 e. The van der Waals surface area contributed by atoms with Crippen LogP contribution in [0.3, 0.4) is 0 Å². The van der Waals surface area contributed by atoms with Crippen LogP contribution in [0, 0.1) is 5.92 Å². The summed E-state index contributed by atoms with van der Waals surface area (Å²) < 4.78 is 0. The number of carboxylic acid groups (broad SMARTS) is 1. The predicted molar refractivity (Wildman–Crippen MR) is 77.4 cm³/mol. The van der Waals surface area contributed by atoms with Gasteiger partial charge in [0.15, 0.2) is 0 Å². The molecule has 1 aromatic rings. The van der Waals surface area contributed by atoms with E-state index in [9.17, 15) is 9.59 Å². The quantitative estimate of drug-likeness (QED) is 0.811. The Hall–Kier alpha value is -1.20. The summed E-state index contributed by atoms with van der Waals surface area (Å²) >= 11 is 7.32. The number of hydrogen-bond donors (Lipinski definition) is 2. The zero-order valence-electron chi connectivity index (χ0n) is 10.6. The Kier molecular flexibility index (Phi) is 6.73. The molecule has 0 radical (unpaired) electrons. The molecule has 6 heteroatoms. The van der Waals surface area contributed by atoms with Gasteiger partial charge in [0.2, 0.25) is 5.91 Å². The van der Waals surface area contributed by atoms with Crippen molar-refractivity contribution >= 4 is 35.2 Å². The Bertz CT molecular complexity index is 453. The number of hydrogen-bond acceptors (Lipinski definition) is 3. The molecule has 1 unspecified atom stereocenters. The summed E-state index contributed by atoms with van der Waals surface area (Å²) in [5, 5.41) is 11.9. The van der Waals surface area contributed by atoms with Crippen molar-refractivity contribution in [1.29, 1.82) is 0 Å². The molecule has 1 rings (SSSR count). The third-order valence-corrected chi connectivity index (χ3v) is 3.66. The molecule has 0 saturated carbocycles. The summed E-state index contributed by atoms with van der Waals surface area (Å²) in [6, 6.07) is 7.48. The van der Waals surface area contributed by atoms with Crippen LogP contribution in [0.1, 0.15) is 12.5 Å². The second-order valence-electron chi connectivity index (χ2n) is 4.17. The van der Waals surface area contributed by atoms with Crippen LogP contribution in [0.15, 0.2) is 24.3 Å². The summed E-state index contributed by atoms with van der Waals surface area (Å²) in [6.45, 7) is 1.72. The maximum absolute atomic E-state index is 11.5. The van der Waals surface area contributed by atoms with Crippen molar-refractivity contribution in [1.82, 2.24) is 5.32 Å². The number of nitrogens with one attached hydrogen (secondary N) is 1. The minimum Gasteiger partial charge on any atom is -0.481 e. The minimum absolute atomic E-state index is 0.153. The van der Waals surface area contributed by atoms with Crippen LogP contribution in [-0.4, -0.2) is 29.3 Å². The van der Waals surface area contributed by atoms with E-state index in [2.05, 4.69) is 5.32 Å². The van der Waals surface area contributed by atoms with Crippen molar-refractivity contribution in [3.63, 3.8) is 0 Å². The average molecular weight is 302 g/mol. The zero-order chi connectivity index (χ0) is 14.3. The average Bonchev–Trinajstić information content (AvgIpc) is 2.36. The molecule has 2 N–H and O–H groups in total. The van der Waals surface area contributed by atoms with E-state index in [0.717, 1.165) is 5.56 Å². The van der Waals surface area contributed by atoms with E-state index >= 15 is 0 Å². The first-order valence-corrected chi connectivity index (χ1v) is 7.34. The lowest BCUT2D eigenvalue weighted by atomic mass is 10.2. The number of amides is 1. The number of rotatable bonds is 7. The van der Waals surface area contributed by atoms with Gasteiger partial charge in [0.1, 0.15) is 0 Å². The van der Waals surface area contributed by atoms with Gasteiger partial charge in [-0.25, -0.2) is 0 Å². The third kappa shape index (κ3) is 6.50. The van der Waals surface area contributed by atoms with E-state index in [0.29, 0.717) is 16.5 Å². The lowest BCUT2D eigenvalue weighted by Gasteiger charge is -2.08. The lowest BCUT2D eigenvalue weighted by molar-refractivity contribution is -0.141. The van der Waals surface area contributed by atoms with Crippen LogP contribution < -0.4 is 5.32 Å². The number of thioether (sulfide) groups is 1. The number of carboxylic acids is 1. The van der Waals surface area contributed by atoms with Gasteiger partial charge in [-0.05, 0) is 17.7 Å². The molecule has 0 saturated heterocycles. The summed E-state index contributed by atoms with van der Waals surface area (Å²) in [6.07, 6.45) is 0. The van der Waals surface area contributed by atoms with Gasteiger partial charge < -0.3 is 10.4 Å². The lowest BCUT2D eigenvalue weighted by Crippen LogP contribution is -2.32. The first-order chi connectivity index (χ1) is 8.99. The summed E-state index contributed by atoms with van der Waals surface area (Å²) in [5.74, 6) is -0.629. The van der Waals surface area contributed by atoms with Crippen LogP contribution in [0.25, 0.3) is 0 Å². The molecule has 0 bridgehead atoms. The van der Waals surface area contributed by atoms with Crippen LogP contribution >= 0.6 is 23.4 Å². The van der Waals surface area contributed by atoms with Gasteiger partial charge in [-0.15, -0.1) is 11.8 Å². The molecule has 1 atom stereocenters. The van der Waals surface area contributed by atoms with Crippen LogP contribution in [0.2, 0.25) is 5.02 Å². The van der Waals surface area contributed by atoms with Gasteiger partial charge in [0.05, 0.1) is 11.7 Å². The highest BCUT2D eigenvalue weighted by molar-refractivity contribution is 7.99. The summed E-state index contributed by atoms with van der Waals surface area (Å²) in [5.41, 5.74) is 1.06. The van der Waals surface area contributed by atoms with Gasteiger partial charge in [-0.2, -0.15) is 0 Å². The molecular formula is C13H16ClNO3S. The fraction of sp³-hybridized carbons (Fsp3) is 0.385. The Morgan fingerprint density at radius 3 is 2.84 bits per heavy atom. The van der Waals surface area contributed by atoms with Crippen molar-refractivity contribution in [3.8, 4) is 0 Å². The molecule has 1 amide bonds. The van der Waals surface area contributed by atoms with Crippen molar-refractivity contribution < 1.29 is 14.7 Å². The Morgan fingerprint density at radius 2 is 2.21 bits per heavy atom. The second-order valence-corrected chi connectivity index (χ2v) is 5.59. The van der Waals surface area contributed by atoms with E-state index in [1.807, 2.05) is 18.2 Å². The van der Waals surface area contributed by atoms with Crippen LogP contribution in [-0.2, 0) is 15.3 Å². The number of carbonyl (C=O) groups excluding carboxylic acids is 1. The molecule has 0 aliphatic rings.